The van der Waals surface area contributed by atoms with Crippen LogP contribution in [0.25, 0.3) is 16.9 Å². The van der Waals surface area contributed by atoms with Crippen LogP contribution in [0.4, 0.5) is 17.2 Å². The van der Waals surface area contributed by atoms with Gasteiger partial charge in [-0.3, -0.25) is 9.59 Å². The number of aromatic hydroxyl groups is 1. The van der Waals surface area contributed by atoms with Crippen molar-refractivity contribution >= 4 is 29.0 Å². The van der Waals surface area contributed by atoms with Crippen molar-refractivity contribution in [3.05, 3.63) is 127 Å². The Bertz CT molecular complexity index is 3320. The Morgan fingerprint density at radius 2 is 1.62 bits per heavy atom. The summed E-state index contributed by atoms with van der Waals surface area (Å²) in [5.41, 5.74) is 11.3. The van der Waals surface area contributed by atoms with Gasteiger partial charge in [0.2, 0.25) is 23.5 Å². The fraction of sp³-hybridized carbons (Fsp3) is 0.386. The van der Waals surface area contributed by atoms with Gasteiger partial charge in [-0.2, -0.15) is 0 Å². The number of likely N-dealkylation sites (tertiary alicyclic amines) is 1. The van der Waals surface area contributed by atoms with E-state index in [0.29, 0.717) is 41.5 Å². The van der Waals surface area contributed by atoms with E-state index in [4.69, 9.17) is 24.5 Å². The minimum absolute atomic E-state index is 0.0123. The van der Waals surface area contributed by atoms with E-state index in [9.17, 15) is 19.8 Å². The summed E-state index contributed by atoms with van der Waals surface area (Å²) in [5, 5.41) is 36.7. The van der Waals surface area contributed by atoms with Crippen molar-refractivity contribution in [2.45, 2.75) is 108 Å². The summed E-state index contributed by atoms with van der Waals surface area (Å²) in [6, 6.07) is 21.7. The van der Waals surface area contributed by atoms with Crippen LogP contribution in [0.2, 0.25) is 0 Å². The van der Waals surface area contributed by atoms with Crippen molar-refractivity contribution < 1.29 is 38.5 Å². The lowest BCUT2D eigenvalue weighted by Crippen LogP contribution is -2.54. The number of aromatic nitrogens is 8. The molecule has 402 valence electrons. The van der Waals surface area contributed by atoms with E-state index in [1.807, 2.05) is 93.1 Å². The molecular formula is C57H61N13O8. The molecule has 21 nitrogen and oxygen atoms in total. The maximum absolute atomic E-state index is 14.2. The Morgan fingerprint density at radius 3 is 2.35 bits per heavy atom. The normalized spacial score (nSPS) is 21.3. The molecule has 5 aromatic heterocycles. The number of benzene rings is 2. The van der Waals surface area contributed by atoms with Crippen molar-refractivity contribution in [1.82, 2.24) is 50.1 Å². The summed E-state index contributed by atoms with van der Waals surface area (Å²) in [6.07, 6.45) is 11.2. The van der Waals surface area contributed by atoms with Crippen LogP contribution in [-0.4, -0.2) is 129 Å². The van der Waals surface area contributed by atoms with Crippen LogP contribution in [0.15, 0.2) is 108 Å². The summed E-state index contributed by atoms with van der Waals surface area (Å²) in [5.74, 6) is 7.21. The number of hydrogen-bond donors (Lipinski definition) is 4. The number of aliphatic hydroxyl groups is 1. The summed E-state index contributed by atoms with van der Waals surface area (Å²) in [6.45, 7) is 9.06. The van der Waals surface area contributed by atoms with E-state index in [0.717, 1.165) is 54.4 Å². The Kier molecular flexibility index (Phi) is 14.5. The van der Waals surface area contributed by atoms with Crippen LogP contribution < -0.4 is 35.1 Å². The number of carbonyl (C=O) groups excluding carboxylic acids is 2. The number of ether oxygens (including phenoxy) is 3. The highest BCUT2D eigenvalue weighted by Gasteiger charge is 2.44. The first-order valence-corrected chi connectivity index (χ1v) is 26.4. The van der Waals surface area contributed by atoms with Gasteiger partial charge in [0.25, 0.3) is 5.88 Å². The average Bonchev–Trinajstić information content (AvgIpc) is 4.28. The molecule has 3 saturated heterocycles. The summed E-state index contributed by atoms with van der Waals surface area (Å²) in [7, 11) is 0. The third-order valence-electron chi connectivity index (χ3n) is 15.0. The first-order valence-electron chi connectivity index (χ1n) is 26.4. The molecule has 78 heavy (non-hydrogen) atoms. The number of β-amino-alcohol motifs (C(OH)–C–C–N with tert-alkyl or cyclic N) is 1. The molecule has 0 radical (unpaired) electrons. The van der Waals surface area contributed by atoms with Gasteiger partial charge in [0.1, 0.15) is 35.7 Å². The van der Waals surface area contributed by atoms with Crippen LogP contribution in [0.3, 0.4) is 0 Å². The smallest absolute Gasteiger partial charge is 0.255 e. The van der Waals surface area contributed by atoms with Crippen molar-refractivity contribution in [2.24, 2.45) is 5.92 Å². The molecule has 4 aliphatic rings. The minimum Gasteiger partial charge on any atom is -0.507 e. The first-order chi connectivity index (χ1) is 37.8. The Labute approximate surface area is 450 Å². The lowest BCUT2D eigenvalue weighted by atomic mass is 9.91. The molecule has 8 heterocycles. The number of nitrogens with zero attached hydrogens (tertiary/aromatic N) is 11. The largest absolute Gasteiger partial charge is 0.507 e. The number of nitrogen functional groups attached to an aromatic ring is 1. The third-order valence-corrected chi connectivity index (χ3v) is 15.0. The highest BCUT2D eigenvalue weighted by atomic mass is 16.5. The number of nitrogens with one attached hydrogen (secondary N) is 1. The number of para-hydroxylation sites is 1. The molecule has 0 spiro atoms. The quantitative estimate of drug-likeness (QED) is 0.0815. The van der Waals surface area contributed by atoms with Crippen molar-refractivity contribution in [3.8, 4) is 52.0 Å². The third kappa shape index (κ3) is 10.9. The Hall–Kier alpha value is -8.77. The summed E-state index contributed by atoms with van der Waals surface area (Å²) in [4.78, 5) is 51.6. The number of piperazine rings is 1. The van der Waals surface area contributed by atoms with Gasteiger partial charge in [0.05, 0.1) is 35.9 Å². The molecule has 1 aliphatic carbocycles. The maximum Gasteiger partial charge on any atom is 0.255 e. The van der Waals surface area contributed by atoms with Gasteiger partial charge in [0.15, 0.2) is 23.9 Å². The highest BCUT2D eigenvalue weighted by Crippen LogP contribution is 2.40. The summed E-state index contributed by atoms with van der Waals surface area (Å²) >= 11 is 0. The van der Waals surface area contributed by atoms with Gasteiger partial charge >= 0.3 is 0 Å². The van der Waals surface area contributed by atoms with Crippen molar-refractivity contribution in [1.29, 1.82) is 0 Å². The monoisotopic (exact) mass is 1060 g/mol. The molecule has 2 aromatic carbocycles. The lowest BCUT2D eigenvalue weighted by Gasteiger charge is -2.43. The number of phenolic OH excluding ortho intramolecular Hbond substituents is 1. The molecule has 4 fully saturated rings. The number of amides is 2. The van der Waals surface area contributed by atoms with Crippen LogP contribution >= 0.6 is 0 Å². The van der Waals surface area contributed by atoms with E-state index in [1.165, 1.54) is 4.90 Å². The van der Waals surface area contributed by atoms with Gasteiger partial charge in [-0.25, -0.2) is 19.9 Å². The van der Waals surface area contributed by atoms with Crippen molar-refractivity contribution in [2.75, 3.05) is 41.8 Å². The number of pyridine rings is 1. The number of rotatable bonds is 16. The van der Waals surface area contributed by atoms with Gasteiger partial charge in [-0.15, -0.1) is 10.2 Å². The van der Waals surface area contributed by atoms with E-state index in [-0.39, 0.29) is 90.9 Å². The molecular weight excluding hydrogens is 995 g/mol. The van der Waals surface area contributed by atoms with E-state index in [2.05, 4.69) is 62.2 Å². The molecule has 2 bridgehead atoms. The predicted molar refractivity (Wildman–Crippen MR) is 287 cm³/mol. The van der Waals surface area contributed by atoms with Gasteiger partial charge in [-0.1, -0.05) is 44.0 Å². The number of nitrogens with two attached hydrogens (primary N) is 1. The minimum atomic E-state index is -0.871. The fourth-order valence-corrected chi connectivity index (χ4v) is 11.0. The summed E-state index contributed by atoms with van der Waals surface area (Å²) < 4.78 is 25.8. The topological polar surface area (TPSA) is 258 Å². The molecule has 7 aromatic rings. The number of aryl methyl sites for hydroxylation is 1. The van der Waals surface area contributed by atoms with Crippen LogP contribution in [0.5, 0.6) is 23.3 Å². The number of aliphatic hydroxyl groups excluding tert-OH is 1. The number of fused-ring (bicyclic) bond motifs is 2. The highest BCUT2D eigenvalue weighted by molar-refractivity contribution is 5.91. The lowest BCUT2D eigenvalue weighted by molar-refractivity contribution is -0.141. The molecule has 1 saturated carbocycles. The van der Waals surface area contributed by atoms with Gasteiger partial charge < -0.3 is 59.3 Å². The van der Waals surface area contributed by atoms with Gasteiger partial charge in [-0.05, 0) is 85.6 Å². The predicted octanol–water partition coefficient (Wildman–Crippen LogP) is 5.95. The molecule has 6 atom stereocenters. The zero-order chi connectivity index (χ0) is 54.0. The SMILES string of the molecule is Cc1nccn1-c1ccc([C@H](C)NC(=O)[C@@H]2C[C@@H](O)CN2C(=O)[C@@H](c2cc(OCC#Cc3ncc(O[C@H]4C[C@H](Oc5cc(N6C7CCC6CN(c6cc(-c8ccccc8O)nnc6N)C7)ccn5)C4)cn3)no2)C(C)C)cc1. The van der Waals surface area contributed by atoms with E-state index < -0.39 is 18.1 Å². The van der Waals surface area contributed by atoms with E-state index >= 15 is 0 Å². The second-order valence-corrected chi connectivity index (χ2v) is 20.7. The second-order valence-electron chi connectivity index (χ2n) is 20.7. The first kappa shape index (κ1) is 51.3. The van der Waals surface area contributed by atoms with Crippen molar-refractivity contribution in [3.63, 3.8) is 0 Å². The number of anilines is 3. The maximum atomic E-state index is 14.2. The zero-order valence-electron chi connectivity index (χ0n) is 43.7. The van der Waals surface area contributed by atoms with E-state index in [1.54, 1.807) is 43.0 Å². The molecule has 2 amide bonds. The molecule has 5 N–H and O–H groups in total. The number of phenols is 1. The van der Waals surface area contributed by atoms with Gasteiger partial charge in [0, 0.05) is 98.6 Å². The number of hydrogen-bond acceptors (Lipinski definition) is 18. The Balaban J connectivity index is 0.627. The van der Waals surface area contributed by atoms with Crippen LogP contribution in [0, 0.1) is 24.7 Å². The Morgan fingerprint density at radius 1 is 0.859 bits per heavy atom. The molecule has 11 rings (SSSR count). The fourth-order valence-electron chi connectivity index (χ4n) is 11.0. The van der Waals surface area contributed by atoms with Crippen LogP contribution in [-0.2, 0) is 9.59 Å². The molecule has 3 aliphatic heterocycles. The number of carbonyl (C=O) groups is 2. The standard InChI is InChI=1S/C57H61N13O8/c1-33(2)54(57(74)69-32-41(71)23-48(69)56(73)63-34(3)36-11-13-37(14-12-36)68-20-19-59-35(68)4)50-27-53(66-78-50)75-21-7-10-51-61-28-44(29-62-51)76-42-24-43(25-42)77-52-22-38(17-18-60-52)70-39-15-16-40(70)31-67(30-39)47-26-46(64-65-55(47)58)45-8-5-6-9-49(45)72/h5-6,8-9,11-14,17-20,22,26-29,33-34,39-43,48,54,71-72H,15-16,21,23-25,30-32H2,1-4H3,(H2,58,65)(H,63,73)/t34-,39?,40?,41+,42-,43-,48-,54+/m0/s1. The molecule has 2 unspecified atom stereocenters. The molecule has 21 heteroatoms. The van der Waals surface area contributed by atoms with Crippen LogP contribution in [0.1, 0.15) is 87.8 Å². The second kappa shape index (κ2) is 22.1. The zero-order valence-corrected chi connectivity index (χ0v) is 43.7. The number of imidazole rings is 1. The average molecular weight is 1060 g/mol.